The van der Waals surface area contributed by atoms with Gasteiger partial charge in [-0.15, -0.1) is 0 Å². The molecule has 8 nitrogen and oxygen atoms in total. The summed E-state index contributed by atoms with van der Waals surface area (Å²) in [5, 5.41) is 5.37. The molecule has 3 rings (SSSR count). The summed E-state index contributed by atoms with van der Waals surface area (Å²) in [6, 6.07) is 13.8. The van der Waals surface area contributed by atoms with Crippen molar-refractivity contribution in [2.24, 2.45) is 0 Å². The Morgan fingerprint density at radius 1 is 0.967 bits per heavy atom. The van der Waals surface area contributed by atoms with E-state index in [4.69, 9.17) is 9.47 Å². The van der Waals surface area contributed by atoms with E-state index in [1.165, 1.54) is 38.5 Å². The van der Waals surface area contributed by atoms with Gasteiger partial charge in [0.25, 0.3) is 0 Å². The molecule has 2 N–H and O–H groups in total. The highest BCUT2D eigenvalue weighted by Crippen LogP contribution is 2.37. The van der Waals surface area contributed by atoms with E-state index in [2.05, 4.69) is 15.6 Å². The zero-order chi connectivity index (χ0) is 21.6. The highest BCUT2D eigenvalue weighted by molar-refractivity contribution is 7.91. The van der Waals surface area contributed by atoms with Crippen molar-refractivity contribution in [1.82, 2.24) is 10.3 Å². The highest BCUT2D eigenvalue weighted by Gasteiger charge is 2.26. The van der Waals surface area contributed by atoms with Crippen LogP contribution < -0.4 is 20.1 Å². The number of carbonyl (C=O) groups is 1. The van der Waals surface area contributed by atoms with E-state index in [-0.39, 0.29) is 21.3 Å². The molecular formula is C21H21N3O5S. The number of carbonyl (C=O) groups excluding carboxylic acids is 1. The third-order valence-electron chi connectivity index (χ3n) is 4.25. The molecule has 0 aliphatic heterocycles. The van der Waals surface area contributed by atoms with Gasteiger partial charge >= 0.3 is 6.03 Å². The van der Waals surface area contributed by atoms with Crippen LogP contribution in [0.4, 0.5) is 10.5 Å². The lowest BCUT2D eigenvalue weighted by atomic mass is 10.3. The van der Waals surface area contributed by atoms with E-state index < -0.39 is 15.9 Å². The molecule has 0 fully saturated rings. The largest absolute Gasteiger partial charge is 0.495 e. The molecule has 156 valence electrons. The number of amides is 2. The summed E-state index contributed by atoms with van der Waals surface area (Å²) in [5.74, 6) is 0.373. The number of nitrogens with one attached hydrogen (secondary N) is 2. The molecule has 0 bridgehead atoms. The second-order valence-corrected chi connectivity index (χ2v) is 8.07. The minimum Gasteiger partial charge on any atom is -0.495 e. The molecule has 30 heavy (non-hydrogen) atoms. The lowest BCUT2D eigenvalue weighted by molar-refractivity contribution is 0.251. The molecular weight excluding hydrogens is 406 g/mol. The number of methoxy groups -OCH3 is 2. The Bertz CT molecular complexity index is 1090. The lowest BCUT2D eigenvalue weighted by Crippen LogP contribution is -2.28. The molecule has 0 aliphatic carbocycles. The number of hydrogen-bond acceptors (Lipinski definition) is 6. The maximum absolute atomic E-state index is 13.1. The molecule has 0 radical (unpaired) electrons. The van der Waals surface area contributed by atoms with Crippen LogP contribution in [0.1, 0.15) is 5.56 Å². The van der Waals surface area contributed by atoms with Crippen molar-refractivity contribution < 1.29 is 22.7 Å². The van der Waals surface area contributed by atoms with Gasteiger partial charge in [0.05, 0.1) is 19.1 Å². The first kappa shape index (κ1) is 21.1. The van der Waals surface area contributed by atoms with Crippen molar-refractivity contribution >= 4 is 21.6 Å². The zero-order valence-electron chi connectivity index (χ0n) is 16.5. The van der Waals surface area contributed by atoms with E-state index in [0.717, 1.165) is 5.56 Å². The van der Waals surface area contributed by atoms with Crippen LogP contribution in [0.2, 0.25) is 0 Å². The molecule has 0 atom stereocenters. The maximum atomic E-state index is 13.1. The molecule has 1 heterocycles. The topological polar surface area (TPSA) is 107 Å². The van der Waals surface area contributed by atoms with Crippen LogP contribution >= 0.6 is 0 Å². The molecule has 0 aliphatic rings. The third-order valence-corrected chi connectivity index (χ3v) is 6.08. The fourth-order valence-corrected chi connectivity index (χ4v) is 4.34. The van der Waals surface area contributed by atoms with Crippen LogP contribution in [0.15, 0.2) is 76.8 Å². The number of hydrogen-bond donors (Lipinski definition) is 2. The first-order chi connectivity index (χ1) is 14.5. The molecule has 3 aromatic rings. The Hall–Kier alpha value is -3.59. The second-order valence-electron chi connectivity index (χ2n) is 6.19. The van der Waals surface area contributed by atoms with E-state index in [9.17, 15) is 13.2 Å². The summed E-state index contributed by atoms with van der Waals surface area (Å²) in [4.78, 5) is 16.0. The van der Waals surface area contributed by atoms with Crippen LogP contribution in [-0.2, 0) is 16.4 Å². The smallest absolute Gasteiger partial charge is 0.319 e. The number of urea groups is 1. The molecule has 9 heteroatoms. The summed E-state index contributed by atoms with van der Waals surface area (Å²) in [5.41, 5.74) is 1.31. The van der Waals surface area contributed by atoms with Crippen LogP contribution in [-0.4, -0.2) is 33.7 Å². The SMILES string of the molecule is COc1cccc(OC)c1S(=O)(=O)c1ccc(NC(=O)NCc2cccnc2)cc1. The Kier molecular flexibility index (Phi) is 6.53. The Balaban J connectivity index is 1.75. The first-order valence-electron chi connectivity index (χ1n) is 8.95. The number of anilines is 1. The van der Waals surface area contributed by atoms with Crippen LogP contribution in [0.3, 0.4) is 0 Å². The quantitative estimate of drug-likeness (QED) is 0.599. The fraction of sp³-hybridized carbons (Fsp3) is 0.143. The number of sulfone groups is 1. The molecule has 0 unspecified atom stereocenters. The highest BCUT2D eigenvalue weighted by atomic mass is 32.2. The number of nitrogens with zero attached hydrogens (tertiary/aromatic N) is 1. The number of aromatic nitrogens is 1. The van der Waals surface area contributed by atoms with Gasteiger partial charge in [-0.25, -0.2) is 13.2 Å². The molecule has 0 saturated carbocycles. The standard InChI is InChI=1S/C21H21N3O5S/c1-28-18-6-3-7-19(29-2)20(18)30(26,27)17-10-8-16(9-11-17)24-21(25)23-14-15-5-4-12-22-13-15/h3-13H,14H2,1-2H3,(H2,23,24,25). The van der Waals surface area contributed by atoms with E-state index >= 15 is 0 Å². The van der Waals surface area contributed by atoms with Crippen LogP contribution in [0.25, 0.3) is 0 Å². The van der Waals surface area contributed by atoms with Crippen molar-refractivity contribution in [3.8, 4) is 11.5 Å². The third kappa shape index (κ3) is 4.69. The van der Waals surface area contributed by atoms with E-state index in [0.29, 0.717) is 12.2 Å². The lowest BCUT2D eigenvalue weighted by Gasteiger charge is -2.14. The number of benzene rings is 2. The normalized spacial score (nSPS) is 10.9. The van der Waals surface area contributed by atoms with Gasteiger partial charge in [-0.1, -0.05) is 12.1 Å². The van der Waals surface area contributed by atoms with Gasteiger partial charge in [0.2, 0.25) is 9.84 Å². The first-order valence-corrected chi connectivity index (χ1v) is 10.4. The van der Waals surface area contributed by atoms with Gasteiger partial charge in [0.1, 0.15) is 11.5 Å². The summed E-state index contributed by atoms with van der Waals surface area (Å²) >= 11 is 0. The Morgan fingerprint density at radius 2 is 1.63 bits per heavy atom. The average molecular weight is 427 g/mol. The number of pyridine rings is 1. The van der Waals surface area contributed by atoms with E-state index in [1.807, 2.05) is 6.07 Å². The van der Waals surface area contributed by atoms with Crippen molar-refractivity contribution in [3.63, 3.8) is 0 Å². The predicted octanol–water partition coefficient (Wildman–Crippen LogP) is 3.25. The zero-order valence-corrected chi connectivity index (χ0v) is 17.3. The summed E-state index contributed by atoms with van der Waals surface area (Å²) in [7, 11) is -1.11. The van der Waals surface area contributed by atoms with Gasteiger partial charge in [-0.05, 0) is 48.0 Å². The molecule has 0 saturated heterocycles. The van der Waals surface area contributed by atoms with E-state index in [1.54, 1.807) is 36.7 Å². The van der Waals surface area contributed by atoms with Gasteiger partial charge in [-0.3, -0.25) is 4.98 Å². The monoisotopic (exact) mass is 427 g/mol. The molecule has 2 amide bonds. The van der Waals surface area contributed by atoms with Gasteiger partial charge in [0.15, 0.2) is 4.90 Å². The van der Waals surface area contributed by atoms with Gasteiger partial charge in [-0.2, -0.15) is 0 Å². The number of ether oxygens (including phenoxy) is 2. The Labute approximate surface area is 174 Å². The minimum atomic E-state index is -3.90. The molecule has 0 spiro atoms. The molecule has 2 aromatic carbocycles. The van der Waals surface area contributed by atoms with Crippen LogP contribution in [0.5, 0.6) is 11.5 Å². The van der Waals surface area contributed by atoms with Gasteiger partial charge in [0, 0.05) is 24.6 Å². The van der Waals surface area contributed by atoms with Crippen molar-refractivity contribution in [2.45, 2.75) is 16.3 Å². The van der Waals surface area contributed by atoms with Crippen molar-refractivity contribution in [3.05, 3.63) is 72.6 Å². The summed E-state index contributed by atoms with van der Waals surface area (Å²) in [6.45, 7) is 0.319. The second kappa shape index (κ2) is 9.27. The van der Waals surface area contributed by atoms with Crippen molar-refractivity contribution in [2.75, 3.05) is 19.5 Å². The average Bonchev–Trinajstić information content (AvgIpc) is 2.78. The fourth-order valence-electron chi connectivity index (χ4n) is 2.78. The summed E-state index contributed by atoms with van der Waals surface area (Å²) < 4.78 is 36.7. The minimum absolute atomic E-state index is 0.0478. The Morgan fingerprint density at radius 3 is 2.20 bits per heavy atom. The number of rotatable bonds is 7. The van der Waals surface area contributed by atoms with Crippen LogP contribution in [0, 0.1) is 0 Å². The predicted molar refractivity (Wildman–Crippen MR) is 112 cm³/mol. The summed E-state index contributed by atoms with van der Waals surface area (Å²) in [6.07, 6.45) is 3.31. The molecule has 1 aromatic heterocycles. The van der Waals surface area contributed by atoms with Crippen molar-refractivity contribution in [1.29, 1.82) is 0 Å². The maximum Gasteiger partial charge on any atom is 0.319 e. The van der Waals surface area contributed by atoms with Gasteiger partial charge < -0.3 is 20.1 Å².